The summed E-state index contributed by atoms with van der Waals surface area (Å²) in [6.07, 6.45) is 2.63. The average Bonchev–Trinajstić information content (AvgIpc) is 3.32. The molecule has 1 aromatic carbocycles. The minimum atomic E-state index is -0.223. The first-order chi connectivity index (χ1) is 10.7. The lowest BCUT2D eigenvalue weighted by Crippen LogP contribution is -2.40. The fourth-order valence-electron chi connectivity index (χ4n) is 2.11. The number of benzene rings is 1. The third kappa shape index (κ3) is 6.02. The van der Waals surface area contributed by atoms with Gasteiger partial charge in [0.1, 0.15) is 5.82 Å². The SMILES string of the molecule is CCNC(=NCc1cccc(F)c1)N(C)CCOCC1CC1. The number of nitrogens with zero attached hydrogens (tertiary/aromatic N) is 2. The van der Waals surface area contributed by atoms with E-state index in [1.807, 2.05) is 20.0 Å². The summed E-state index contributed by atoms with van der Waals surface area (Å²) in [4.78, 5) is 6.61. The number of hydrogen-bond acceptors (Lipinski definition) is 2. The Kier molecular flexibility index (Phi) is 6.65. The molecule has 0 bridgehead atoms. The van der Waals surface area contributed by atoms with Crippen LogP contribution in [0.15, 0.2) is 29.3 Å². The second-order valence-corrected chi connectivity index (χ2v) is 5.74. The summed E-state index contributed by atoms with van der Waals surface area (Å²) in [6.45, 7) is 5.68. The zero-order valence-electron chi connectivity index (χ0n) is 13.5. The van der Waals surface area contributed by atoms with Gasteiger partial charge in [0.05, 0.1) is 13.2 Å². The Morgan fingerprint density at radius 2 is 2.27 bits per heavy atom. The van der Waals surface area contributed by atoms with Crippen LogP contribution in [0, 0.1) is 11.7 Å². The van der Waals surface area contributed by atoms with Gasteiger partial charge in [-0.25, -0.2) is 9.38 Å². The molecule has 0 saturated heterocycles. The maximum Gasteiger partial charge on any atom is 0.194 e. The fourth-order valence-corrected chi connectivity index (χ4v) is 2.11. The Hall–Kier alpha value is -1.62. The van der Waals surface area contributed by atoms with Crippen molar-refractivity contribution >= 4 is 5.96 Å². The second kappa shape index (κ2) is 8.73. The van der Waals surface area contributed by atoms with Crippen LogP contribution in [0.4, 0.5) is 4.39 Å². The van der Waals surface area contributed by atoms with Gasteiger partial charge in [-0.1, -0.05) is 12.1 Å². The van der Waals surface area contributed by atoms with E-state index in [4.69, 9.17) is 4.74 Å². The smallest absolute Gasteiger partial charge is 0.194 e. The van der Waals surface area contributed by atoms with E-state index >= 15 is 0 Å². The van der Waals surface area contributed by atoms with Crippen LogP contribution < -0.4 is 5.32 Å². The van der Waals surface area contributed by atoms with Crippen LogP contribution in [-0.2, 0) is 11.3 Å². The first kappa shape index (κ1) is 16.7. The third-order valence-corrected chi connectivity index (χ3v) is 3.62. The number of aliphatic imine (C=N–C) groups is 1. The molecule has 1 aliphatic rings. The van der Waals surface area contributed by atoms with Crippen molar-refractivity contribution in [3.63, 3.8) is 0 Å². The van der Waals surface area contributed by atoms with Crippen LogP contribution in [-0.4, -0.2) is 44.2 Å². The van der Waals surface area contributed by atoms with Crippen molar-refractivity contribution in [2.45, 2.75) is 26.3 Å². The lowest BCUT2D eigenvalue weighted by molar-refractivity contribution is 0.115. The van der Waals surface area contributed by atoms with Gasteiger partial charge in [0.15, 0.2) is 5.96 Å². The summed E-state index contributed by atoms with van der Waals surface area (Å²) >= 11 is 0. The molecule has 1 saturated carbocycles. The predicted octanol–water partition coefficient (Wildman–Crippen LogP) is 2.65. The zero-order chi connectivity index (χ0) is 15.8. The Balaban J connectivity index is 1.81. The van der Waals surface area contributed by atoms with Crippen LogP contribution in [0.2, 0.25) is 0 Å². The van der Waals surface area contributed by atoms with E-state index in [0.717, 1.165) is 37.1 Å². The Bertz CT molecular complexity index is 489. The summed E-state index contributed by atoms with van der Waals surface area (Å²) in [5, 5.41) is 3.26. The molecule has 1 N–H and O–H groups in total. The normalized spacial score (nSPS) is 15.0. The monoisotopic (exact) mass is 307 g/mol. The molecule has 5 heteroatoms. The maximum atomic E-state index is 13.2. The van der Waals surface area contributed by atoms with Crippen molar-refractivity contribution in [2.24, 2.45) is 10.9 Å². The molecule has 0 heterocycles. The van der Waals surface area contributed by atoms with Crippen molar-refractivity contribution < 1.29 is 9.13 Å². The number of hydrogen-bond donors (Lipinski definition) is 1. The Labute approximate surface area is 132 Å². The first-order valence-electron chi connectivity index (χ1n) is 8.00. The molecular weight excluding hydrogens is 281 g/mol. The Morgan fingerprint density at radius 3 is 2.95 bits per heavy atom. The number of ether oxygens (including phenoxy) is 1. The van der Waals surface area contributed by atoms with E-state index in [9.17, 15) is 4.39 Å². The number of nitrogens with one attached hydrogen (secondary N) is 1. The summed E-state index contributed by atoms with van der Waals surface area (Å²) in [6, 6.07) is 6.56. The largest absolute Gasteiger partial charge is 0.379 e. The highest BCUT2D eigenvalue weighted by Crippen LogP contribution is 2.28. The first-order valence-corrected chi connectivity index (χ1v) is 8.00. The van der Waals surface area contributed by atoms with E-state index in [1.165, 1.54) is 25.0 Å². The lowest BCUT2D eigenvalue weighted by Gasteiger charge is -2.22. The molecule has 22 heavy (non-hydrogen) atoms. The van der Waals surface area contributed by atoms with E-state index in [0.29, 0.717) is 13.2 Å². The van der Waals surface area contributed by atoms with Gasteiger partial charge >= 0.3 is 0 Å². The minimum Gasteiger partial charge on any atom is -0.379 e. The van der Waals surface area contributed by atoms with Crippen LogP contribution >= 0.6 is 0 Å². The maximum absolute atomic E-state index is 13.2. The summed E-state index contributed by atoms with van der Waals surface area (Å²) in [5.74, 6) is 1.39. The van der Waals surface area contributed by atoms with Gasteiger partial charge in [0.25, 0.3) is 0 Å². The molecule has 0 atom stereocenters. The van der Waals surface area contributed by atoms with Gasteiger partial charge in [-0.05, 0) is 43.4 Å². The van der Waals surface area contributed by atoms with Crippen molar-refractivity contribution in [3.05, 3.63) is 35.6 Å². The van der Waals surface area contributed by atoms with E-state index in [2.05, 4.69) is 15.2 Å². The molecule has 4 nitrogen and oxygen atoms in total. The van der Waals surface area contributed by atoms with Crippen LogP contribution in [0.25, 0.3) is 0 Å². The zero-order valence-corrected chi connectivity index (χ0v) is 13.5. The topological polar surface area (TPSA) is 36.9 Å². The molecule has 122 valence electrons. The van der Waals surface area contributed by atoms with Crippen molar-refractivity contribution in [2.75, 3.05) is 33.4 Å². The number of guanidine groups is 1. The fraction of sp³-hybridized carbons (Fsp3) is 0.588. The van der Waals surface area contributed by atoms with Crippen LogP contribution in [0.1, 0.15) is 25.3 Å². The summed E-state index contributed by atoms with van der Waals surface area (Å²) < 4.78 is 18.8. The highest BCUT2D eigenvalue weighted by Gasteiger charge is 2.21. The predicted molar refractivity (Wildman–Crippen MR) is 87.4 cm³/mol. The standard InChI is InChI=1S/C17H26FN3O/c1-3-19-17(20-12-15-5-4-6-16(18)11-15)21(2)9-10-22-13-14-7-8-14/h4-6,11,14H,3,7-10,12-13H2,1-2H3,(H,19,20). The minimum absolute atomic E-state index is 0.223. The van der Waals surface area contributed by atoms with Gasteiger partial charge in [0.2, 0.25) is 0 Å². The van der Waals surface area contributed by atoms with Gasteiger partial charge in [0, 0.05) is 26.7 Å². The van der Waals surface area contributed by atoms with E-state index in [1.54, 1.807) is 6.07 Å². The van der Waals surface area contributed by atoms with Gasteiger partial charge in [-0.15, -0.1) is 0 Å². The van der Waals surface area contributed by atoms with Gasteiger partial charge < -0.3 is 15.0 Å². The quantitative estimate of drug-likeness (QED) is 0.456. The third-order valence-electron chi connectivity index (χ3n) is 3.62. The number of halogens is 1. The molecule has 2 rings (SSSR count). The van der Waals surface area contributed by atoms with Gasteiger partial charge in [-0.3, -0.25) is 0 Å². The molecule has 1 aromatic rings. The highest BCUT2D eigenvalue weighted by molar-refractivity contribution is 5.79. The van der Waals surface area contributed by atoms with Crippen molar-refractivity contribution in [1.29, 1.82) is 0 Å². The van der Waals surface area contributed by atoms with Crippen molar-refractivity contribution in [3.8, 4) is 0 Å². The molecular formula is C17H26FN3O. The lowest BCUT2D eigenvalue weighted by atomic mass is 10.2. The van der Waals surface area contributed by atoms with E-state index < -0.39 is 0 Å². The summed E-state index contributed by atoms with van der Waals surface area (Å²) in [7, 11) is 1.99. The Morgan fingerprint density at radius 1 is 1.45 bits per heavy atom. The average molecular weight is 307 g/mol. The molecule has 1 fully saturated rings. The highest BCUT2D eigenvalue weighted by atomic mass is 19.1. The molecule has 0 amide bonds. The molecule has 0 aliphatic heterocycles. The number of likely N-dealkylation sites (N-methyl/N-ethyl adjacent to an activating group) is 1. The van der Waals surface area contributed by atoms with E-state index in [-0.39, 0.29) is 5.82 Å². The van der Waals surface area contributed by atoms with Crippen LogP contribution in [0.3, 0.4) is 0 Å². The molecule has 0 aromatic heterocycles. The molecule has 1 aliphatic carbocycles. The molecule has 0 spiro atoms. The van der Waals surface area contributed by atoms with Crippen LogP contribution in [0.5, 0.6) is 0 Å². The van der Waals surface area contributed by atoms with Gasteiger partial charge in [-0.2, -0.15) is 0 Å². The summed E-state index contributed by atoms with van der Waals surface area (Å²) in [5.41, 5.74) is 0.869. The molecule has 0 radical (unpaired) electrons. The number of rotatable bonds is 8. The molecule has 0 unspecified atom stereocenters. The second-order valence-electron chi connectivity index (χ2n) is 5.74. The van der Waals surface area contributed by atoms with Crippen molar-refractivity contribution in [1.82, 2.24) is 10.2 Å².